The van der Waals surface area contributed by atoms with E-state index in [9.17, 15) is 13.5 Å². The molecule has 0 unspecified atom stereocenters. The van der Waals surface area contributed by atoms with E-state index in [4.69, 9.17) is 11.6 Å². The lowest BCUT2D eigenvalue weighted by Gasteiger charge is -2.20. The summed E-state index contributed by atoms with van der Waals surface area (Å²) >= 11 is 5.78. The first-order valence-electron chi connectivity index (χ1n) is 6.24. The Morgan fingerprint density at radius 1 is 1.33 bits per heavy atom. The third-order valence-electron chi connectivity index (χ3n) is 3.02. The van der Waals surface area contributed by atoms with Crippen molar-refractivity contribution in [2.75, 3.05) is 0 Å². The van der Waals surface area contributed by atoms with Gasteiger partial charge in [0.15, 0.2) is 0 Å². The van der Waals surface area contributed by atoms with Gasteiger partial charge < -0.3 is 5.11 Å². The van der Waals surface area contributed by atoms with E-state index in [2.05, 4.69) is 9.82 Å². The molecule has 0 aliphatic rings. The molecule has 1 aromatic heterocycles. The maximum absolute atomic E-state index is 12.1. The van der Waals surface area contributed by atoms with Gasteiger partial charge in [-0.15, -0.1) is 0 Å². The number of nitrogens with one attached hydrogen (secondary N) is 1. The Kier molecular flexibility index (Phi) is 4.67. The molecule has 0 saturated heterocycles. The van der Waals surface area contributed by atoms with Crippen molar-refractivity contribution in [1.29, 1.82) is 0 Å². The van der Waals surface area contributed by atoms with Crippen LogP contribution in [0.15, 0.2) is 41.6 Å². The monoisotopic (exact) mass is 329 g/mol. The van der Waals surface area contributed by atoms with Crippen LogP contribution in [0.25, 0.3) is 0 Å². The molecule has 0 radical (unpaired) electrons. The summed E-state index contributed by atoms with van der Waals surface area (Å²) in [6, 6.07) is 5.89. The van der Waals surface area contributed by atoms with Gasteiger partial charge in [-0.2, -0.15) is 5.10 Å². The van der Waals surface area contributed by atoms with Crippen molar-refractivity contribution in [2.24, 2.45) is 7.05 Å². The average molecular weight is 330 g/mol. The molecule has 8 heteroatoms. The highest BCUT2D eigenvalue weighted by Crippen LogP contribution is 2.20. The molecule has 21 heavy (non-hydrogen) atoms. The van der Waals surface area contributed by atoms with Crippen LogP contribution in [0.1, 0.15) is 18.6 Å². The molecule has 0 saturated carbocycles. The Bertz CT molecular complexity index is 713. The van der Waals surface area contributed by atoms with E-state index in [0.29, 0.717) is 10.6 Å². The fraction of sp³-hybridized carbons (Fsp3) is 0.308. The second-order valence-corrected chi connectivity index (χ2v) is 6.91. The summed E-state index contributed by atoms with van der Waals surface area (Å²) in [5.74, 6) is 0. The molecule has 2 N–H and O–H groups in total. The van der Waals surface area contributed by atoms with Crippen molar-refractivity contribution in [2.45, 2.75) is 24.0 Å². The highest BCUT2D eigenvalue weighted by molar-refractivity contribution is 7.89. The largest absolute Gasteiger partial charge is 0.387 e. The van der Waals surface area contributed by atoms with Crippen LogP contribution < -0.4 is 4.72 Å². The van der Waals surface area contributed by atoms with Crippen LogP contribution in [-0.4, -0.2) is 29.3 Å². The molecular weight excluding hydrogens is 314 g/mol. The first-order valence-corrected chi connectivity index (χ1v) is 8.10. The van der Waals surface area contributed by atoms with Gasteiger partial charge >= 0.3 is 0 Å². The minimum Gasteiger partial charge on any atom is -0.387 e. The number of hydrogen-bond acceptors (Lipinski definition) is 4. The maximum atomic E-state index is 12.1. The maximum Gasteiger partial charge on any atom is 0.244 e. The zero-order valence-electron chi connectivity index (χ0n) is 11.6. The van der Waals surface area contributed by atoms with Crippen molar-refractivity contribution in [3.63, 3.8) is 0 Å². The van der Waals surface area contributed by atoms with Gasteiger partial charge in [0.1, 0.15) is 4.90 Å². The second kappa shape index (κ2) is 6.15. The molecule has 2 aromatic rings. The van der Waals surface area contributed by atoms with Crippen LogP contribution in [-0.2, 0) is 17.1 Å². The zero-order valence-corrected chi connectivity index (χ0v) is 13.1. The molecule has 0 spiro atoms. The molecule has 1 aromatic carbocycles. The topological polar surface area (TPSA) is 84.2 Å². The third-order valence-corrected chi connectivity index (χ3v) is 4.78. The quantitative estimate of drug-likeness (QED) is 0.870. The molecular formula is C13H16ClN3O3S. The Labute approximate surface area is 128 Å². The number of aliphatic hydroxyl groups is 1. The van der Waals surface area contributed by atoms with Gasteiger partial charge in [0.2, 0.25) is 10.0 Å². The molecule has 2 atom stereocenters. The number of nitrogens with zero attached hydrogens (tertiary/aromatic N) is 2. The lowest BCUT2D eigenvalue weighted by Crippen LogP contribution is -2.36. The number of hydrogen-bond donors (Lipinski definition) is 2. The Balaban J connectivity index is 2.13. The predicted octanol–water partition coefficient (Wildman–Crippen LogP) is 1.47. The number of sulfonamides is 1. The van der Waals surface area contributed by atoms with Gasteiger partial charge in [0, 0.05) is 24.3 Å². The summed E-state index contributed by atoms with van der Waals surface area (Å²) in [5, 5.41) is 14.6. The van der Waals surface area contributed by atoms with Gasteiger partial charge in [0.05, 0.1) is 12.3 Å². The normalized spacial score (nSPS) is 14.9. The van der Waals surface area contributed by atoms with Crippen molar-refractivity contribution >= 4 is 21.6 Å². The summed E-state index contributed by atoms with van der Waals surface area (Å²) in [6.07, 6.45) is 1.67. The van der Waals surface area contributed by atoms with Crippen LogP contribution in [0.4, 0.5) is 0 Å². The fourth-order valence-corrected chi connectivity index (χ4v) is 3.22. The first kappa shape index (κ1) is 16.0. The van der Waals surface area contributed by atoms with E-state index in [1.54, 1.807) is 38.2 Å². The minimum absolute atomic E-state index is 0.0557. The van der Waals surface area contributed by atoms with E-state index in [1.165, 1.54) is 17.1 Å². The number of benzene rings is 1. The summed E-state index contributed by atoms with van der Waals surface area (Å²) in [5.41, 5.74) is 0.584. The van der Waals surface area contributed by atoms with E-state index in [0.717, 1.165) is 0 Å². The molecule has 1 heterocycles. The molecule has 2 rings (SSSR count). The molecule has 0 fully saturated rings. The van der Waals surface area contributed by atoms with E-state index < -0.39 is 22.2 Å². The molecule has 0 bridgehead atoms. The number of halogens is 1. The Hall–Kier alpha value is -1.41. The van der Waals surface area contributed by atoms with Gasteiger partial charge in [-0.1, -0.05) is 23.7 Å². The van der Waals surface area contributed by atoms with E-state index in [-0.39, 0.29) is 4.90 Å². The summed E-state index contributed by atoms with van der Waals surface area (Å²) in [7, 11) is -2.09. The van der Waals surface area contributed by atoms with Gasteiger partial charge in [-0.05, 0) is 24.6 Å². The van der Waals surface area contributed by atoms with E-state index in [1.807, 2.05) is 0 Å². The molecule has 0 amide bonds. The van der Waals surface area contributed by atoms with Crippen LogP contribution in [0, 0.1) is 0 Å². The summed E-state index contributed by atoms with van der Waals surface area (Å²) in [6.45, 7) is 1.59. The standard InChI is InChI=1S/C13H16ClN3O3S/c1-9(13(18)10-3-5-11(14)6-4-10)16-21(19,20)12-7-15-17(2)8-12/h3-9,13,16,18H,1-2H3/t9-,13-/m1/s1. The lowest BCUT2D eigenvalue weighted by atomic mass is 10.0. The number of aryl methyl sites for hydroxylation is 1. The van der Waals surface area contributed by atoms with Crippen molar-refractivity contribution in [3.05, 3.63) is 47.2 Å². The highest BCUT2D eigenvalue weighted by Gasteiger charge is 2.24. The molecule has 114 valence electrons. The van der Waals surface area contributed by atoms with Crippen LogP contribution in [0.2, 0.25) is 5.02 Å². The van der Waals surface area contributed by atoms with Gasteiger partial charge in [-0.3, -0.25) is 4.68 Å². The van der Waals surface area contributed by atoms with Crippen LogP contribution >= 0.6 is 11.6 Å². The third kappa shape index (κ3) is 3.82. The van der Waals surface area contributed by atoms with Crippen molar-refractivity contribution in [1.82, 2.24) is 14.5 Å². The van der Waals surface area contributed by atoms with E-state index >= 15 is 0 Å². The van der Waals surface area contributed by atoms with Gasteiger partial charge in [0.25, 0.3) is 0 Å². The molecule has 0 aliphatic carbocycles. The number of rotatable bonds is 5. The SMILES string of the molecule is C[C@@H](NS(=O)(=O)c1cnn(C)c1)[C@@H](O)c1ccc(Cl)cc1. The summed E-state index contributed by atoms with van der Waals surface area (Å²) in [4.78, 5) is 0.0557. The number of aliphatic hydroxyl groups excluding tert-OH is 1. The smallest absolute Gasteiger partial charge is 0.244 e. The van der Waals surface area contributed by atoms with Gasteiger partial charge in [-0.25, -0.2) is 13.1 Å². The zero-order chi connectivity index (χ0) is 15.6. The average Bonchev–Trinajstić information content (AvgIpc) is 2.86. The highest BCUT2D eigenvalue weighted by atomic mass is 35.5. The second-order valence-electron chi connectivity index (χ2n) is 4.76. The fourth-order valence-electron chi connectivity index (χ4n) is 1.86. The first-order chi connectivity index (χ1) is 9.79. The lowest BCUT2D eigenvalue weighted by molar-refractivity contribution is 0.146. The minimum atomic E-state index is -3.72. The number of aromatic nitrogens is 2. The van der Waals surface area contributed by atoms with Crippen molar-refractivity contribution < 1.29 is 13.5 Å². The molecule has 6 nitrogen and oxygen atoms in total. The van der Waals surface area contributed by atoms with Crippen LogP contribution in [0.5, 0.6) is 0 Å². The summed E-state index contributed by atoms with van der Waals surface area (Å²) < 4.78 is 28.1. The van der Waals surface area contributed by atoms with Crippen molar-refractivity contribution in [3.8, 4) is 0 Å². The Morgan fingerprint density at radius 3 is 2.48 bits per heavy atom. The predicted molar refractivity (Wildman–Crippen MR) is 79.4 cm³/mol. The van der Waals surface area contributed by atoms with Crippen LogP contribution in [0.3, 0.4) is 0 Å². The Morgan fingerprint density at radius 2 is 1.95 bits per heavy atom. The molecule has 0 aliphatic heterocycles.